The lowest BCUT2D eigenvalue weighted by atomic mass is 9.86. The molecule has 4 heteroatoms. The zero-order chi connectivity index (χ0) is 15.6. The van der Waals surface area contributed by atoms with Crippen molar-refractivity contribution >= 4 is 27.5 Å². The van der Waals surface area contributed by atoms with E-state index in [0.29, 0.717) is 11.8 Å². The topological polar surface area (TPSA) is 33.2 Å². The van der Waals surface area contributed by atoms with Crippen LogP contribution in [0.4, 0.5) is 0 Å². The molecule has 1 aromatic heterocycles. The van der Waals surface area contributed by atoms with E-state index < -0.39 is 0 Å². The Labute approximate surface area is 141 Å². The zero-order valence-electron chi connectivity index (χ0n) is 13.5. The number of hydrogen-bond donors (Lipinski definition) is 0. The van der Waals surface area contributed by atoms with Gasteiger partial charge in [0.05, 0.1) is 16.3 Å². The van der Waals surface area contributed by atoms with Gasteiger partial charge in [0.2, 0.25) is 5.91 Å². The quantitative estimate of drug-likeness (QED) is 0.800. The molecule has 23 heavy (non-hydrogen) atoms. The molecule has 0 bridgehead atoms. The van der Waals surface area contributed by atoms with Crippen molar-refractivity contribution in [3.8, 4) is 0 Å². The van der Waals surface area contributed by atoms with Crippen LogP contribution in [0, 0.1) is 5.92 Å². The van der Waals surface area contributed by atoms with E-state index in [9.17, 15) is 4.79 Å². The number of fused-ring (bicyclic) bond motifs is 1. The largest absolute Gasteiger partial charge is 0.333 e. The Morgan fingerprint density at radius 3 is 2.78 bits per heavy atom. The number of likely N-dealkylation sites (tertiary alicyclic amines) is 1. The third-order valence-electron chi connectivity index (χ3n) is 5.36. The highest BCUT2D eigenvalue weighted by atomic mass is 32.1. The summed E-state index contributed by atoms with van der Waals surface area (Å²) in [5.74, 6) is 0.978. The summed E-state index contributed by atoms with van der Waals surface area (Å²) in [6.07, 6.45) is 9.37. The molecule has 4 rings (SSSR count). The van der Waals surface area contributed by atoms with Crippen LogP contribution in [0.5, 0.6) is 0 Å². The first-order chi connectivity index (χ1) is 11.3. The summed E-state index contributed by atoms with van der Waals surface area (Å²) in [5.41, 5.74) is 1.07. The molecule has 1 saturated heterocycles. The van der Waals surface area contributed by atoms with Gasteiger partial charge in [0.15, 0.2) is 0 Å². The van der Waals surface area contributed by atoms with E-state index in [1.165, 1.54) is 36.8 Å². The summed E-state index contributed by atoms with van der Waals surface area (Å²) < 4.78 is 1.23. The number of aromatic nitrogens is 1. The lowest BCUT2D eigenvalue weighted by molar-refractivity contribution is -0.133. The summed E-state index contributed by atoms with van der Waals surface area (Å²) in [6, 6.07) is 8.50. The molecular weight excluding hydrogens is 304 g/mol. The number of carbonyl (C=O) groups excluding carboxylic acids is 1. The second kappa shape index (κ2) is 6.60. The molecular formula is C19H24N2OS. The summed E-state index contributed by atoms with van der Waals surface area (Å²) in [4.78, 5) is 19.7. The molecule has 0 N–H and O–H groups in total. The van der Waals surface area contributed by atoms with Crippen LogP contribution in [0.15, 0.2) is 24.3 Å². The van der Waals surface area contributed by atoms with Crippen molar-refractivity contribution in [3.05, 3.63) is 29.3 Å². The Bertz CT molecular complexity index is 656. The van der Waals surface area contributed by atoms with E-state index in [0.717, 1.165) is 36.3 Å². The van der Waals surface area contributed by atoms with Crippen molar-refractivity contribution in [2.24, 2.45) is 5.92 Å². The van der Waals surface area contributed by atoms with Crippen LogP contribution in [-0.2, 0) is 4.79 Å². The molecule has 0 radical (unpaired) electrons. The first-order valence-electron chi connectivity index (χ1n) is 8.96. The molecule has 2 aromatic rings. The number of carbonyl (C=O) groups is 1. The highest BCUT2D eigenvalue weighted by molar-refractivity contribution is 7.18. The molecule has 1 saturated carbocycles. The molecule has 122 valence electrons. The van der Waals surface area contributed by atoms with E-state index in [4.69, 9.17) is 4.98 Å². The van der Waals surface area contributed by atoms with Crippen molar-refractivity contribution in [1.29, 1.82) is 0 Å². The van der Waals surface area contributed by atoms with Crippen LogP contribution in [0.3, 0.4) is 0 Å². The summed E-state index contributed by atoms with van der Waals surface area (Å²) in [7, 11) is 0. The predicted octanol–water partition coefficient (Wildman–Crippen LogP) is 4.93. The van der Waals surface area contributed by atoms with Gasteiger partial charge in [0.1, 0.15) is 5.01 Å². The number of rotatable bonds is 3. The minimum Gasteiger partial charge on any atom is -0.333 e. The van der Waals surface area contributed by atoms with Gasteiger partial charge in [0, 0.05) is 13.0 Å². The van der Waals surface area contributed by atoms with Crippen molar-refractivity contribution < 1.29 is 4.79 Å². The smallest absolute Gasteiger partial charge is 0.223 e. The molecule has 1 amide bonds. The zero-order valence-corrected chi connectivity index (χ0v) is 14.4. The fourth-order valence-corrected chi connectivity index (χ4v) is 5.23. The average molecular weight is 328 g/mol. The molecule has 1 aliphatic carbocycles. The van der Waals surface area contributed by atoms with Crippen LogP contribution < -0.4 is 0 Å². The standard InChI is InChI=1S/C19H24N2OS/c22-18(13-14-7-2-1-3-8-14)21-12-6-10-16(21)19-20-15-9-4-5-11-17(15)23-19/h4-5,9,11,14,16H,1-3,6-8,10,12-13H2. The molecule has 1 atom stereocenters. The van der Waals surface area contributed by atoms with Gasteiger partial charge in [-0.3, -0.25) is 4.79 Å². The fourth-order valence-electron chi connectivity index (χ4n) is 4.11. The molecule has 2 fully saturated rings. The predicted molar refractivity (Wildman–Crippen MR) is 94.5 cm³/mol. The molecule has 2 heterocycles. The lowest BCUT2D eigenvalue weighted by Gasteiger charge is -2.27. The summed E-state index contributed by atoms with van der Waals surface area (Å²) >= 11 is 1.76. The van der Waals surface area contributed by atoms with Gasteiger partial charge in [-0.2, -0.15) is 0 Å². The Kier molecular flexibility index (Phi) is 4.34. The minimum absolute atomic E-state index is 0.212. The van der Waals surface area contributed by atoms with Crippen molar-refractivity contribution in [2.45, 2.75) is 57.4 Å². The number of benzene rings is 1. The number of amides is 1. The number of thiazole rings is 1. The number of nitrogens with zero attached hydrogens (tertiary/aromatic N) is 2. The number of para-hydroxylation sites is 1. The van der Waals surface area contributed by atoms with E-state index in [-0.39, 0.29) is 6.04 Å². The Balaban J connectivity index is 1.50. The van der Waals surface area contributed by atoms with E-state index >= 15 is 0 Å². The second-order valence-electron chi connectivity index (χ2n) is 6.97. The SMILES string of the molecule is O=C(CC1CCCCC1)N1CCCC1c1nc2ccccc2s1. The van der Waals surface area contributed by atoms with Crippen LogP contribution >= 0.6 is 11.3 Å². The number of hydrogen-bond acceptors (Lipinski definition) is 3. The minimum atomic E-state index is 0.212. The van der Waals surface area contributed by atoms with Gasteiger partial charge in [0.25, 0.3) is 0 Å². The van der Waals surface area contributed by atoms with Gasteiger partial charge in [-0.25, -0.2) is 4.98 Å². The fraction of sp³-hybridized carbons (Fsp3) is 0.579. The summed E-state index contributed by atoms with van der Waals surface area (Å²) in [5, 5.41) is 1.13. The third-order valence-corrected chi connectivity index (χ3v) is 6.49. The summed E-state index contributed by atoms with van der Waals surface area (Å²) in [6.45, 7) is 0.909. The van der Waals surface area contributed by atoms with Crippen LogP contribution in [0.25, 0.3) is 10.2 Å². The molecule has 3 nitrogen and oxygen atoms in total. The van der Waals surface area contributed by atoms with Gasteiger partial charge >= 0.3 is 0 Å². The Morgan fingerprint density at radius 1 is 1.13 bits per heavy atom. The molecule has 0 spiro atoms. The normalized spacial score (nSPS) is 22.8. The third kappa shape index (κ3) is 3.14. The van der Waals surface area contributed by atoms with Crippen molar-refractivity contribution in [2.75, 3.05) is 6.54 Å². The van der Waals surface area contributed by atoms with Crippen molar-refractivity contribution in [3.63, 3.8) is 0 Å². The second-order valence-corrected chi connectivity index (χ2v) is 8.04. The van der Waals surface area contributed by atoms with Gasteiger partial charge < -0.3 is 4.90 Å². The maximum Gasteiger partial charge on any atom is 0.223 e. The Hall–Kier alpha value is -1.42. The van der Waals surface area contributed by atoms with Crippen molar-refractivity contribution in [1.82, 2.24) is 9.88 Å². The maximum absolute atomic E-state index is 12.8. The van der Waals surface area contributed by atoms with Gasteiger partial charge in [-0.15, -0.1) is 11.3 Å². The Morgan fingerprint density at radius 2 is 1.96 bits per heavy atom. The average Bonchev–Trinajstić information content (AvgIpc) is 3.22. The highest BCUT2D eigenvalue weighted by Crippen LogP contribution is 2.37. The van der Waals surface area contributed by atoms with E-state index in [1.807, 2.05) is 6.07 Å². The van der Waals surface area contributed by atoms with Crippen LogP contribution in [0.2, 0.25) is 0 Å². The molecule has 1 unspecified atom stereocenters. The molecule has 1 aliphatic heterocycles. The first kappa shape index (κ1) is 15.1. The van der Waals surface area contributed by atoms with Gasteiger partial charge in [-0.1, -0.05) is 31.4 Å². The van der Waals surface area contributed by atoms with Crippen LogP contribution in [-0.4, -0.2) is 22.3 Å². The first-order valence-corrected chi connectivity index (χ1v) is 9.78. The monoisotopic (exact) mass is 328 g/mol. The maximum atomic E-state index is 12.8. The molecule has 1 aromatic carbocycles. The van der Waals surface area contributed by atoms with E-state index in [1.54, 1.807) is 11.3 Å². The van der Waals surface area contributed by atoms with E-state index in [2.05, 4.69) is 23.1 Å². The molecule has 2 aliphatic rings. The van der Waals surface area contributed by atoms with Gasteiger partial charge in [-0.05, 0) is 43.7 Å². The highest BCUT2D eigenvalue weighted by Gasteiger charge is 2.33. The lowest BCUT2D eigenvalue weighted by Crippen LogP contribution is -2.32. The van der Waals surface area contributed by atoms with Crippen LogP contribution in [0.1, 0.15) is 62.4 Å².